The Labute approximate surface area is 136 Å². The van der Waals surface area contributed by atoms with Crippen molar-refractivity contribution in [1.29, 1.82) is 0 Å². The fourth-order valence-corrected chi connectivity index (χ4v) is 3.45. The number of amides is 1. The molecule has 5 nitrogen and oxygen atoms in total. The van der Waals surface area contributed by atoms with Crippen LogP contribution in [0, 0.1) is 12.3 Å². The van der Waals surface area contributed by atoms with E-state index in [0.717, 1.165) is 23.7 Å². The number of rotatable bonds is 5. The minimum absolute atomic E-state index is 0.0411. The number of nitrogens with zero attached hydrogens (tertiary/aromatic N) is 2. The molecule has 6 heteroatoms. The van der Waals surface area contributed by atoms with Gasteiger partial charge in [-0.05, 0) is 25.2 Å². The van der Waals surface area contributed by atoms with Crippen LogP contribution < -0.4 is 5.32 Å². The van der Waals surface area contributed by atoms with E-state index in [0.29, 0.717) is 19.5 Å². The van der Waals surface area contributed by atoms with Crippen LogP contribution in [0.2, 0.25) is 0 Å². The molecule has 0 radical (unpaired) electrons. The largest absolute Gasteiger partial charge is 0.379 e. The Balaban J connectivity index is 1.91. The van der Waals surface area contributed by atoms with E-state index in [1.807, 2.05) is 12.3 Å². The second-order valence-corrected chi connectivity index (χ2v) is 8.45. The Kier molecular flexibility index (Phi) is 5.25. The van der Waals surface area contributed by atoms with Gasteiger partial charge in [0.15, 0.2) is 5.60 Å². The number of carbonyl (C=O) groups excluding carboxylic acids is 1. The molecule has 0 bridgehead atoms. The van der Waals surface area contributed by atoms with Gasteiger partial charge in [-0.15, -0.1) is 11.3 Å². The highest BCUT2D eigenvalue weighted by molar-refractivity contribution is 7.09. The highest BCUT2D eigenvalue weighted by atomic mass is 32.1. The molecular formula is C16H27N3O2S. The third-order valence-electron chi connectivity index (χ3n) is 3.76. The van der Waals surface area contributed by atoms with Crippen molar-refractivity contribution >= 4 is 17.2 Å². The summed E-state index contributed by atoms with van der Waals surface area (Å²) in [5.41, 5.74) is -0.283. The van der Waals surface area contributed by atoms with Gasteiger partial charge in [0, 0.05) is 31.6 Å². The first-order valence-corrected chi connectivity index (χ1v) is 8.71. The maximum Gasteiger partial charge on any atom is 0.255 e. The van der Waals surface area contributed by atoms with Crippen molar-refractivity contribution < 1.29 is 9.90 Å². The lowest BCUT2D eigenvalue weighted by atomic mass is 9.88. The van der Waals surface area contributed by atoms with E-state index in [9.17, 15) is 9.90 Å². The third kappa shape index (κ3) is 4.51. The summed E-state index contributed by atoms with van der Waals surface area (Å²) in [5.74, 6) is -0.143. The van der Waals surface area contributed by atoms with E-state index in [-0.39, 0.29) is 17.9 Å². The zero-order chi connectivity index (χ0) is 16.4. The highest BCUT2D eigenvalue weighted by Crippen LogP contribution is 2.26. The van der Waals surface area contributed by atoms with Crippen molar-refractivity contribution in [3.05, 3.63) is 16.1 Å². The van der Waals surface area contributed by atoms with Crippen LogP contribution in [-0.4, -0.2) is 46.1 Å². The standard InChI is InChI=1S/C16H27N3O2S/c1-12-18-13(9-22-12)8-17-10-16(21)6-5-7-19(14(16)20)11-15(2,3)4/h9,17,21H,5-8,10-11H2,1-4H3/t16-/m1/s1. The first-order valence-electron chi connectivity index (χ1n) is 7.83. The number of hydrogen-bond donors (Lipinski definition) is 2. The number of nitrogens with one attached hydrogen (secondary N) is 1. The molecule has 1 saturated heterocycles. The van der Waals surface area contributed by atoms with E-state index < -0.39 is 5.60 Å². The summed E-state index contributed by atoms with van der Waals surface area (Å²) < 4.78 is 0. The average molecular weight is 325 g/mol. The van der Waals surface area contributed by atoms with Crippen LogP contribution in [0.1, 0.15) is 44.3 Å². The van der Waals surface area contributed by atoms with Crippen LogP contribution >= 0.6 is 11.3 Å². The average Bonchev–Trinajstić information content (AvgIpc) is 2.80. The summed E-state index contributed by atoms with van der Waals surface area (Å²) in [5, 5.41) is 16.9. The Hall–Kier alpha value is -0.980. The Bertz CT molecular complexity index is 524. The smallest absolute Gasteiger partial charge is 0.255 e. The second kappa shape index (κ2) is 6.64. The molecule has 0 aromatic carbocycles. The summed E-state index contributed by atoms with van der Waals surface area (Å²) in [6.07, 6.45) is 1.37. The van der Waals surface area contributed by atoms with Gasteiger partial charge in [-0.25, -0.2) is 4.98 Å². The maximum atomic E-state index is 12.6. The number of hydrogen-bond acceptors (Lipinski definition) is 5. The van der Waals surface area contributed by atoms with Gasteiger partial charge in [0.1, 0.15) is 0 Å². The molecule has 1 fully saturated rings. The van der Waals surface area contributed by atoms with Gasteiger partial charge in [-0.3, -0.25) is 4.79 Å². The number of thiazole rings is 1. The van der Waals surface area contributed by atoms with Gasteiger partial charge in [0.25, 0.3) is 5.91 Å². The fraction of sp³-hybridized carbons (Fsp3) is 0.750. The van der Waals surface area contributed by atoms with E-state index >= 15 is 0 Å². The molecule has 124 valence electrons. The molecule has 1 amide bonds. The van der Waals surface area contributed by atoms with Crippen molar-refractivity contribution in [1.82, 2.24) is 15.2 Å². The van der Waals surface area contributed by atoms with Crippen LogP contribution in [0.5, 0.6) is 0 Å². The van der Waals surface area contributed by atoms with Crippen LogP contribution in [0.4, 0.5) is 0 Å². The Morgan fingerprint density at radius 2 is 2.23 bits per heavy atom. The van der Waals surface area contributed by atoms with Gasteiger partial charge in [-0.2, -0.15) is 0 Å². The monoisotopic (exact) mass is 325 g/mol. The Morgan fingerprint density at radius 3 is 2.82 bits per heavy atom. The molecule has 2 heterocycles. The van der Waals surface area contributed by atoms with E-state index in [4.69, 9.17) is 0 Å². The molecule has 22 heavy (non-hydrogen) atoms. The molecule has 0 spiro atoms. The van der Waals surface area contributed by atoms with Gasteiger partial charge in [-0.1, -0.05) is 20.8 Å². The molecule has 0 aliphatic carbocycles. The minimum Gasteiger partial charge on any atom is -0.379 e. The van der Waals surface area contributed by atoms with Crippen molar-refractivity contribution in [2.45, 2.75) is 52.7 Å². The summed E-state index contributed by atoms with van der Waals surface area (Å²) >= 11 is 1.61. The highest BCUT2D eigenvalue weighted by Gasteiger charge is 2.42. The molecule has 0 saturated carbocycles. The van der Waals surface area contributed by atoms with Gasteiger partial charge in [0.2, 0.25) is 0 Å². The van der Waals surface area contributed by atoms with E-state index in [1.54, 1.807) is 16.2 Å². The van der Waals surface area contributed by atoms with E-state index in [1.165, 1.54) is 0 Å². The van der Waals surface area contributed by atoms with Crippen molar-refractivity contribution in [2.24, 2.45) is 5.41 Å². The normalized spacial score (nSPS) is 23.1. The molecule has 1 aromatic rings. The zero-order valence-electron chi connectivity index (χ0n) is 14.0. The van der Waals surface area contributed by atoms with Crippen LogP contribution in [0.15, 0.2) is 5.38 Å². The lowest BCUT2D eigenvalue weighted by Gasteiger charge is -2.40. The first-order chi connectivity index (χ1) is 10.2. The number of likely N-dealkylation sites (tertiary alicyclic amines) is 1. The van der Waals surface area contributed by atoms with E-state index in [2.05, 4.69) is 31.1 Å². The lowest BCUT2D eigenvalue weighted by molar-refractivity contribution is -0.158. The van der Waals surface area contributed by atoms with Gasteiger partial charge < -0.3 is 15.3 Å². The number of aromatic nitrogens is 1. The van der Waals surface area contributed by atoms with Crippen molar-refractivity contribution in [3.8, 4) is 0 Å². The summed E-state index contributed by atoms with van der Waals surface area (Å²) in [6, 6.07) is 0. The van der Waals surface area contributed by atoms with Crippen LogP contribution in [0.3, 0.4) is 0 Å². The minimum atomic E-state index is -1.28. The first kappa shape index (κ1) is 17.4. The quantitative estimate of drug-likeness (QED) is 0.868. The maximum absolute atomic E-state index is 12.6. The van der Waals surface area contributed by atoms with Gasteiger partial charge >= 0.3 is 0 Å². The SMILES string of the molecule is Cc1nc(CNC[C@]2(O)CCCN(CC(C)(C)C)C2=O)cs1. The molecule has 0 unspecified atom stereocenters. The molecule has 1 aliphatic rings. The third-order valence-corrected chi connectivity index (χ3v) is 4.58. The van der Waals surface area contributed by atoms with Crippen LogP contribution in [-0.2, 0) is 11.3 Å². The molecular weight excluding hydrogens is 298 g/mol. The molecule has 1 aromatic heterocycles. The second-order valence-electron chi connectivity index (χ2n) is 7.38. The van der Waals surface area contributed by atoms with Gasteiger partial charge in [0.05, 0.1) is 10.7 Å². The summed E-state index contributed by atoms with van der Waals surface area (Å²) in [6.45, 7) is 10.6. The number of aryl methyl sites for hydroxylation is 1. The zero-order valence-corrected chi connectivity index (χ0v) is 14.8. The molecule has 1 aliphatic heterocycles. The topological polar surface area (TPSA) is 65.5 Å². The predicted octanol–water partition coefficient (Wildman–Crippen LogP) is 1.94. The summed E-state index contributed by atoms with van der Waals surface area (Å²) in [7, 11) is 0. The summed E-state index contributed by atoms with van der Waals surface area (Å²) in [4.78, 5) is 18.8. The van der Waals surface area contributed by atoms with Crippen molar-refractivity contribution in [3.63, 3.8) is 0 Å². The molecule has 1 atom stereocenters. The predicted molar refractivity (Wildman–Crippen MR) is 88.8 cm³/mol. The Morgan fingerprint density at radius 1 is 1.50 bits per heavy atom. The number of aliphatic hydroxyl groups is 1. The molecule has 2 N–H and O–H groups in total. The fourth-order valence-electron chi connectivity index (χ4n) is 2.84. The van der Waals surface area contributed by atoms with Crippen molar-refractivity contribution in [2.75, 3.05) is 19.6 Å². The van der Waals surface area contributed by atoms with Crippen LogP contribution in [0.25, 0.3) is 0 Å². The number of carbonyl (C=O) groups is 1. The number of piperidine rings is 1. The lowest BCUT2D eigenvalue weighted by Crippen LogP contribution is -2.59. The molecule has 2 rings (SSSR count).